The lowest BCUT2D eigenvalue weighted by Crippen LogP contribution is -2.39. The highest BCUT2D eigenvalue weighted by molar-refractivity contribution is 8.18. The fourth-order valence-corrected chi connectivity index (χ4v) is 3.08. The quantitative estimate of drug-likeness (QED) is 0.835. The van der Waals surface area contributed by atoms with Gasteiger partial charge in [-0.2, -0.15) is 0 Å². The molecule has 0 saturated carbocycles. The molecule has 3 amide bonds. The van der Waals surface area contributed by atoms with Gasteiger partial charge in [0, 0.05) is 18.9 Å². The van der Waals surface area contributed by atoms with E-state index in [1.165, 1.54) is 0 Å². The van der Waals surface area contributed by atoms with Crippen LogP contribution in [0.3, 0.4) is 0 Å². The third-order valence-corrected chi connectivity index (χ3v) is 4.39. The Labute approximate surface area is 148 Å². The number of pyridine rings is 1. The van der Waals surface area contributed by atoms with Crippen molar-refractivity contribution in [3.05, 3.63) is 70.9 Å². The summed E-state index contributed by atoms with van der Waals surface area (Å²) >= 11 is 0.842. The van der Waals surface area contributed by atoms with Crippen molar-refractivity contribution < 1.29 is 14.4 Å². The Morgan fingerprint density at radius 1 is 1.16 bits per heavy atom. The van der Waals surface area contributed by atoms with Gasteiger partial charge < -0.3 is 5.32 Å². The Morgan fingerprint density at radius 3 is 2.68 bits per heavy atom. The van der Waals surface area contributed by atoms with Gasteiger partial charge in [-0.3, -0.25) is 24.3 Å². The van der Waals surface area contributed by atoms with Gasteiger partial charge in [0.2, 0.25) is 5.91 Å². The Hall–Kier alpha value is -2.93. The minimum absolute atomic E-state index is 0.294. The molecule has 3 rings (SSSR count). The molecule has 1 saturated heterocycles. The standard InChI is InChI=1S/C18H15N3O3S/c22-16(20-11-14-7-4-8-19-10-14)12-21-17(23)15(25-18(21)24)9-13-5-2-1-3-6-13/h1-10H,11-12H2,(H,20,22)/b15-9+. The van der Waals surface area contributed by atoms with E-state index in [-0.39, 0.29) is 6.54 Å². The van der Waals surface area contributed by atoms with E-state index in [1.54, 1.807) is 24.5 Å². The predicted molar refractivity (Wildman–Crippen MR) is 95.2 cm³/mol. The molecular weight excluding hydrogens is 338 g/mol. The summed E-state index contributed by atoms with van der Waals surface area (Å²) in [5.41, 5.74) is 1.67. The highest BCUT2D eigenvalue weighted by atomic mass is 32.2. The van der Waals surface area contributed by atoms with Crippen LogP contribution in [0.5, 0.6) is 0 Å². The predicted octanol–water partition coefficient (Wildman–Crippen LogP) is 2.43. The van der Waals surface area contributed by atoms with Crippen LogP contribution in [-0.4, -0.2) is 33.5 Å². The largest absolute Gasteiger partial charge is 0.350 e. The Bertz CT molecular complexity index is 822. The summed E-state index contributed by atoms with van der Waals surface area (Å²) in [5.74, 6) is -0.845. The molecule has 7 heteroatoms. The third kappa shape index (κ3) is 4.33. The average molecular weight is 353 g/mol. The lowest BCUT2D eigenvalue weighted by Gasteiger charge is -2.12. The lowest BCUT2D eigenvalue weighted by molar-refractivity contribution is -0.129. The van der Waals surface area contributed by atoms with E-state index in [0.29, 0.717) is 11.4 Å². The van der Waals surface area contributed by atoms with Crippen LogP contribution in [0.4, 0.5) is 4.79 Å². The molecule has 0 aliphatic carbocycles. The number of amides is 3. The van der Waals surface area contributed by atoms with Crippen molar-refractivity contribution in [3.8, 4) is 0 Å². The number of benzene rings is 1. The van der Waals surface area contributed by atoms with E-state index in [4.69, 9.17) is 0 Å². The van der Waals surface area contributed by atoms with Gasteiger partial charge in [-0.15, -0.1) is 0 Å². The minimum Gasteiger partial charge on any atom is -0.350 e. The molecule has 0 atom stereocenters. The molecule has 1 aliphatic heterocycles. The van der Waals surface area contributed by atoms with Crippen LogP contribution in [0.1, 0.15) is 11.1 Å². The zero-order chi connectivity index (χ0) is 17.6. The minimum atomic E-state index is -0.449. The fourth-order valence-electron chi connectivity index (χ4n) is 2.24. The van der Waals surface area contributed by atoms with Gasteiger partial charge in [0.25, 0.3) is 11.1 Å². The zero-order valence-electron chi connectivity index (χ0n) is 13.2. The van der Waals surface area contributed by atoms with Crippen molar-refractivity contribution in [2.24, 2.45) is 0 Å². The molecule has 1 aromatic carbocycles. The molecule has 1 N–H and O–H groups in total. The molecule has 6 nitrogen and oxygen atoms in total. The molecule has 1 aliphatic rings. The molecule has 1 fully saturated rings. The summed E-state index contributed by atoms with van der Waals surface area (Å²) in [4.78, 5) is 41.6. The van der Waals surface area contributed by atoms with Gasteiger partial charge in [0.1, 0.15) is 6.54 Å². The molecule has 0 unspecified atom stereocenters. The van der Waals surface area contributed by atoms with Crippen molar-refractivity contribution >= 4 is 34.9 Å². The van der Waals surface area contributed by atoms with Crippen molar-refractivity contribution in [2.45, 2.75) is 6.54 Å². The van der Waals surface area contributed by atoms with Crippen LogP contribution in [0, 0.1) is 0 Å². The normalized spacial score (nSPS) is 15.7. The number of nitrogens with one attached hydrogen (secondary N) is 1. The topological polar surface area (TPSA) is 79.4 Å². The first-order valence-electron chi connectivity index (χ1n) is 7.59. The van der Waals surface area contributed by atoms with Crippen LogP contribution < -0.4 is 5.32 Å². The monoisotopic (exact) mass is 353 g/mol. The lowest BCUT2D eigenvalue weighted by atomic mass is 10.2. The van der Waals surface area contributed by atoms with Crippen molar-refractivity contribution in [3.63, 3.8) is 0 Å². The highest BCUT2D eigenvalue weighted by Gasteiger charge is 2.36. The number of aromatic nitrogens is 1. The second-order valence-corrected chi connectivity index (χ2v) is 6.31. The Balaban J connectivity index is 1.61. The van der Waals surface area contributed by atoms with E-state index >= 15 is 0 Å². The first-order chi connectivity index (χ1) is 12.1. The summed E-state index contributed by atoms with van der Waals surface area (Å²) < 4.78 is 0. The molecule has 0 radical (unpaired) electrons. The maximum Gasteiger partial charge on any atom is 0.294 e. The Morgan fingerprint density at radius 2 is 1.96 bits per heavy atom. The summed E-state index contributed by atoms with van der Waals surface area (Å²) in [6, 6.07) is 12.9. The number of imide groups is 1. The van der Waals surface area contributed by atoms with E-state index in [2.05, 4.69) is 10.3 Å². The second-order valence-electron chi connectivity index (χ2n) is 5.32. The number of thioether (sulfide) groups is 1. The maximum atomic E-state index is 12.4. The van der Waals surface area contributed by atoms with Crippen LogP contribution in [0.25, 0.3) is 6.08 Å². The fraction of sp³-hybridized carbons (Fsp3) is 0.111. The van der Waals surface area contributed by atoms with Crippen molar-refractivity contribution in [1.29, 1.82) is 0 Å². The van der Waals surface area contributed by atoms with E-state index in [9.17, 15) is 14.4 Å². The summed E-state index contributed by atoms with van der Waals surface area (Å²) in [6.07, 6.45) is 4.94. The molecule has 2 heterocycles. The van der Waals surface area contributed by atoms with Crippen LogP contribution in [0.15, 0.2) is 59.8 Å². The number of hydrogen-bond acceptors (Lipinski definition) is 5. The van der Waals surface area contributed by atoms with Gasteiger partial charge >= 0.3 is 0 Å². The van der Waals surface area contributed by atoms with Crippen LogP contribution >= 0.6 is 11.8 Å². The van der Waals surface area contributed by atoms with Crippen molar-refractivity contribution in [1.82, 2.24) is 15.2 Å². The van der Waals surface area contributed by atoms with Gasteiger partial charge in [-0.25, -0.2) is 0 Å². The molecule has 2 aromatic rings. The molecule has 0 spiro atoms. The third-order valence-electron chi connectivity index (χ3n) is 3.49. The zero-order valence-corrected chi connectivity index (χ0v) is 14.0. The van der Waals surface area contributed by atoms with Gasteiger partial charge in [0.05, 0.1) is 4.91 Å². The van der Waals surface area contributed by atoms with E-state index in [1.807, 2.05) is 36.4 Å². The Kier molecular flexibility index (Phi) is 5.25. The number of carbonyl (C=O) groups excluding carboxylic acids is 3. The first-order valence-corrected chi connectivity index (χ1v) is 8.41. The van der Waals surface area contributed by atoms with E-state index in [0.717, 1.165) is 27.8 Å². The molecule has 1 aromatic heterocycles. The van der Waals surface area contributed by atoms with Crippen LogP contribution in [-0.2, 0) is 16.1 Å². The van der Waals surface area contributed by atoms with Gasteiger partial charge in [0.15, 0.2) is 0 Å². The number of carbonyl (C=O) groups is 3. The molecule has 126 valence electrons. The first kappa shape index (κ1) is 16.9. The second kappa shape index (κ2) is 7.76. The molecular formula is C18H15N3O3S. The van der Waals surface area contributed by atoms with Crippen LogP contribution in [0.2, 0.25) is 0 Å². The SMILES string of the molecule is O=C(CN1C(=O)S/C(=C/c2ccccc2)C1=O)NCc1cccnc1. The van der Waals surface area contributed by atoms with Gasteiger partial charge in [-0.05, 0) is 35.0 Å². The summed E-state index contributed by atoms with van der Waals surface area (Å²) in [7, 11) is 0. The molecule has 25 heavy (non-hydrogen) atoms. The smallest absolute Gasteiger partial charge is 0.294 e. The summed E-state index contributed by atoms with van der Waals surface area (Å²) in [6.45, 7) is -0.000191. The summed E-state index contributed by atoms with van der Waals surface area (Å²) in [5, 5.41) is 2.24. The highest BCUT2D eigenvalue weighted by Crippen LogP contribution is 2.31. The maximum absolute atomic E-state index is 12.4. The van der Waals surface area contributed by atoms with Crippen molar-refractivity contribution in [2.75, 3.05) is 6.54 Å². The number of nitrogens with zero attached hydrogens (tertiary/aromatic N) is 2. The van der Waals surface area contributed by atoms with Gasteiger partial charge in [-0.1, -0.05) is 36.4 Å². The van der Waals surface area contributed by atoms with E-state index < -0.39 is 17.1 Å². The molecule has 0 bridgehead atoms. The number of hydrogen-bond donors (Lipinski definition) is 1. The number of rotatable bonds is 5. The average Bonchev–Trinajstić information content (AvgIpc) is 2.89.